The Hall–Kier alpha value is -1.92. The molecule has 92 valence electrons. The molecule has 0 saturated heterocycles. The maximum absolute atomic E-state index is 10.5. The number of aromatic nitrogens is 2. The Balaban J connectivity index is 2.27. The van der Waals surface area contributed by atoms with Gasteiger partial charge in [-0.25, -0.2) is 4.98 Å². The summed E-state index contributed by atoms with van der Waals surface area (Å²) in [6.07, 6.45) is 1.42. The highest BCUT2D eigenvalue weighted by atomic mass is 35.5. The Morgan fingerprint density at radius 3 is 2.67 bits per heavy atom. The molecule has 0 aliphatic carbocycles. The second-order valence-electron chi connectivity index (χ2n) is 3.14. The number of halogens is 2. The van der Waals surface area contributed by atoms with Crippen molar-refractivity contribution < 1.29 is 9.66 Å². The van der Waals surface area contributed by atoms with E-state index in [9.17, 15) is 10.1 Å². The van der Waals surface area contributed by atoms with Crippen molar-refractivity contribution in [1.29, 1.82) is 0 Å². The molecule has 2 rings (SSSR count). The fraction of sp³-hybridized carbons (Fsp3) is 0. The van der Waals surface area contributed by atoms with Crippen LogP contribution in [0.15, 0.2) is 30.5 Å². The molecule has 0 N–H and O–H groups in total. The zero-order chi connectivity index (χ0) is 13.1. The third kappa shape index (κ3) is 2.85. The van der Waals surface area contributed by atoms with Crippen LogP contribution in [0, 0.1) is 10.1 Å². The van der Waals surface area contributed by atoms with E-state index >= 15 is 0 Å². The number of nitro groups is 1. The number of nitrogens with zero attached hydrogens (tertiary/aromatic N) is 3. The molecule has 0 spiro atoms. The monoisotopic (exact) mass is 285 g/mol. The second kappa shape index (κ2) is 5.16. The minimum Gasteiger partial charge on any atom is -0.437 e. The van der Waals surface area contributed by atoms with E-state index < -0.39 is 4.92 Å². The number of ether oxygens (including phenoxy) is 1. The summed E-state index contributed by atoms with van der Waals surface area (Å²) in [7, 11) is 0. The fourth-order valence-electron chi connectivity index (χ4n) is 1.18. The predicted molar refractivity (Wildman–Crippen MR) is 65.2 cm³/mol. The number of hydrogen-bond donors (Lipinski definition) is 0. The molecule has 0 aliphatic heterocycles. The maximum Gasteiger partial charge on any atom is 0.271 e. The van der Waals surface area contributed by atoms with Crippen molar-refractivity contribution in [3.05, 3.63) is 50.9 Å². The molecule has 18 heavy (non-hydrogen) atoms. The number of non-ortho nitro benzene ring substituents is 1. The molecule has 0 radical (unpaired) electrons. The second-order valence-corrected chi connectivity index (χ2v) is 3.88. The maximum atomic E-state index is 10.5. The normalized spacial score (nSPS) is 10.1. The van der Waals surface area contributed by atoms with Crippen molar-refractivity contribution in [2.24, 2.45) is 0 Å². The summed E-state index contributed by atoms with van der Waals surface area (Å²) in [5.74, 6) is 0.447. The van der Waals surface area contributed by atoms with Gasteiger partial charge in [0.1, 0.15) is 5.75 Å². The van der Waals surface area contributed by atoms with Crippen LogP contribution in [0.5, 0.6) is 11.6 Å². The summed E-state index contributed by atoms with van der Waals surface area (Å²) < 4.78 is 5.33. The summed E-state index contributed by atoms with van der Waals surface area (Å²) in [5, 5.41) is 10.7. The lowest BCUT2D eigenvalue weighted by Crippen LogP contribution is -1.92. The summed E-state index contributed by atoms with van der Waals surface area (Å²) in [5.41, 5.74) is -0.118. The van der Waals surface area contributed by atoms with Gasteiger partial charge in [0.05, 0.1) is 9.95 Å². The molecule has 0 unspecified atom stereocenters. The van der Waals surface area contributed by atoms with Gasteiger partial charge in [0, 0.05) is 24.4 Å². The highest BCUT2D eigenvalue weighted by Gasteiger charge is 2.11. The van der Waals surface area contributed by atoms with E-state index in [4.69, 9.17) is 27.9 Å². The van der Waals surface area contributed by atoms with Crippen molar-refractivity contribution in [3.8, 4) is 11.6 Å². The van der Waals surface area contributed by atoms with E-state index in [0.717, 1.165) is 0 Å². The van der Waals surface area contributed by atoms with Crippen LogP contribution in [0.1, 0.15) is 0 Å². The average molecular weight is 286 g/mol. The van der Waals surface area contributed by atoms with E-state index in [1.807, 2.05) is 0 Å². The van der Waals surface area contributed by atoms with Crippen LogP contribution in [0.2, 0.25) is 10.3 Å². The molecule has 1 aromatic heterocycles. The molecule has 0 saturated carbocycles. The largest absolute Gasteiger partial charge is 0.437 e. The molecule has 6 nitrogen and oxygen atoms in total. The summed E-state index contributed by atoms with van der Waals surface area (Å²) >= 11 is 11.5. The minimum atomic E-state index is -0.544. The molecule has 1 aromatic carbocycles. The number of hydrogen-bond acceptors (Lipinski definition) is 5. The van der Waals surface area contributed by atoms with Crippen molar-refractivity contribution in [1.82, 2.24) is 9.97 Å². The van der Waals surface area contributed by atoms with Crippen molar-refractivity contribution in [2.75, 3.05) is 0 Å². The Morgan fingerprint density at radius 2 is 2.06 bits per heavy atom. The molecule has 0 aliphatic rings. The van der Waals surface area contributed by atoms with Gasteiger partial charge in [-0.1, -0.05) is 11.6 Å². The van der Waals surface area contributed by atoms with E-state index in [2.05, 4.69) is 9.97 Å². The predicted octanol–water partition coefficient (Wildman–Crippen LogP) is 3.48. The zero-order valence-electron chi connectivity index (χ0n) is 8.71. The van der Waals surface area contributed by atoms with Crippen LogP contribution in [-0.2, 0) is 0 Å². The Bertz CT molecular complexity index is 607. The van der Waals surface area contributed by atoms with Gasteiger partial charge in [-0.15, -0.1) is 0 Å². The lowest BCUT2D eigenvalue weighted by atomic mass is 10.3. The molecule has 2 aromatic rings. The molecular weight excluding hydrogens is 281 g/mol. The SMILES string of the molecule is O=[N+]([O-])c1ccc(Oc2ccnc(Cl)n2)c(Cl)c1. The number of rotatable bonds is 3. The van der Waals surface area contributed by atoms with Gasteiger partial charge in [-0.05, 0) is 17.7 Å². The van der Waals surface area contributed by atoms with Crippen molar-refractivity contribution in [2.45, 2.75) is 0 Å². The Morgan fingerprint density at radius 1 is 1.28 bits per heavy atom. The third-order valence-corrected chi connectivity index (χ3v) is 2.42. The first-order chi connectivity index (χ1) is 8.56. The Kier molecular flexibility index (Phi) is 3.59. The lowest BCUT2D eigenvalue weighted by Gasteiger charge is -2.05. The quantitative estimate of drug-likeness (QED) is 0.490. The number of nitro benzene ring substituents is 1. The van der Waals surface area contributed by atoms with E-state index in [1.54, 1.807) is 0 Å². The standard InChI is InChI=1S/C10H5Cl2N3O3/c11-7-5-6(15(16)17)1-2-8(7)18-9-3-4-13-10(12)14-9/h1-5H. The van der Waals surface area contributed by atoms with Crippen LogP contribution >= 0.6 is 23.2 Å². The van der Waals surface area contributed by atoms with Gasteiger partial charge in [0.2, 0.25) is 11.2 Å². The van der Waals surface area contributed by atoms with Crippen LogP contribution in [0.3, 0.4) is 0 Å². The molecule has 0 fully saturated rings. The van der Waals surface area contributed by atoms with E-state index in [1.165, 1.54) is 30.5 Å². The van der Waals surface area contributed by atoms with Gasteiger partial charge in [0.15, 0.2) is 0 Å². The number of benzene rings is 1. The zero-order valence-corrected chi connectivity index (χ0v) is 10.2. The molecule has 8 heteroatoms. The van der Waals surface area contributed by atoms with Gasteiger partial charge in [-0.3, -0.25) is 10.1 Å². The van der Waals surface area contributed by atoms with Crippen LogP contribution < -0.4 is 4.74 Å². The lowest BCUT2D eigenvalue weighted by molar-refractivity contribution is -0.384. The minimum absolute atomic E-state index is 0.0329. The van der Waals surface area contributed by atoms with E-state index in [0.29, 0.717) is 0 Å². The van der Waals surface area contributed by atoms with Gasteiger partial charge in [0.25, 0.3) is 5.69 Å². The third-order valence-electron chi connectivity index (χ3n) is 1.94. The fourth-order valence-corrected chi connectivity index (χ4v) is 1.53. The van der Waals surface area contributed by atoms with Crippen LogP contribution in [0.4, 0.5) is 5.69 Å². The van der Waals surface area contributed by atoms with Crippen molar-refractivity contribution >= 4 is 28.9 Å². The molecular formula is C10H5Cl2N3O3. The molecule has 1 heterocycles. The van der Waals surface area contributed by atoms with E-state index in [-0.39, 0.29) is 27.6 Å². The van der Waals surface area contributed by atoms with Gasteiger partial charge in [-0.2, -0.15) is 4.98 Å². The highest BCUT2D eigenvalue weighted by molar-refractivity contribution is 6.32. The van der Waals surface area contributed by atoms with Crippen LogP contribution in [0.25, 0.3) is 0 Å². The molecule has 0 atom stereocenters. The first-order valence-corrected chi connectivity index (χ1v) is 5.42. The smallest absolute Gasteiger partial charge is 0.271 e. The van der Waals surface area contributed by atoms with Crippen LogP contribution in [-0.4, -0.2) is 14.9 Å². The van der Waals surface area contributed by atoms with Crippen molar-refractivity contribution in [3.63, 3.8) is 0 Å². The summed E-state index contributed by atoms with van der Waals surface area (Å²) in [6.45, 7) is 0. The highest BCUT2D eigenvalue weighted by Crippen LogP contribution is 2.31. The Labute approximate surface area is 111 Å². The summed E-state index contributed by atoms with van der Waals surface area (Å²) in [6, 6.07) is 5.35. The molecule has 0 bridgehead atoms. The first kappa shape index (κ1) is 12.5. The average Bonchev–Trinajstić information content (AvgIpc) is 2.31. The first-order valence-electron chi connectivity index (χ1n) is 4.66. The van der Waals surface area contributed by atoms with Gasteiger partial charge >= 0.3 is 0 Å². The summed E-state index contributed by atoms with van der Waals surface area (Å²) in [4.78, 5) is 17.5. The topological polar surface area (TPSA) is 78.2 Å². The van der Waals surface area contributed by atoms with Gasteiger partial charge < -0.3 is 4.74 Å². The molecule has 0 amide bonds.